The van der Waals surface area contributed by atoms with E-state index in [0.717, 1.165) is 22.4 Å². The van der Waals surface area contributed by atoms with E-state index in [1.54, 1.807) is 25.3 Å². The van der Waals surface area contributed by atoms with Gasteiger partial charge >= 0.3 is 0 Å². The van der Waals surface area contributed by atoms with Crippen LogP contribution in [0.1, 0.15) is 28.3 Å². The zero-order chi connectivity index (χ0) is 14.7. The summed E-state index contributed by atoms with van der Waals surface area (Å²) < 4.78 is 19.3. The van der Waals surface area contributed by atoms with Crippen molar-refractivity contribution < 1.29 is 9.13 Å². The Balaban J connectivity index is 2.53. The zero-order valence-electron chi connectivity index (χ0n) is 11.9. The van der Waals surface area contributed by atoms with E-state index in [9.17, 15) is 4.39 Å². The van der Waals surface area contributed by atoms with Gasteiger partial charge < -0.3 is 4.74 Å². The van der Waals surface area contributed by atoms with E-state index in [1.165, 1.54) is 6.07 Å². The van der Waals surface area contributed by atoms with Crippen LogP contribution in [-0.4, -0.2) is 7.11 Å². The second kappa shape index (κ2) is 6.03. The summed E-state index contributed by atoms with van der Waals surface area (Å²) >= 11 is 0. The maximum absolute atomic E-state index is 14.0. The van der Waals surface area contributed by atoms with Crippen LogP contribution in [0.15, 0.2) is 36.4 Å². The van der Waals surface area contributed by atoms with Gasteiger partial charge in [-0.3, -0.25) is 5.84 Å². The average molecular weight is 274 g/mol. The summed E-state index contributed by atoms with van der Waals surface area (Å²) in [5.41, 5.74) is 6.16. The maximum atomic E-state index is 14.0. The lowest BCUT2D eigenvalue weighted by Crippen LogP contribution is -2.30. The molecule has 0 saturated heterocycles. The Morgan fingerprint density at radius 2 is 1.80 bits per heavy atom. The van der Waals surface area contributed by atoms with Gasteiger partial charge in [0.25, 0.3) is 0 Å². The van der Waals surface area contributed by atoms with Gasteiger partial charge in [0.1, 0.15) is 11.6 Å². The second-order valence-corrected chi connectivity index (χ2v) is 4.80. The van der Waals surface area contributed by atoms with Gasteiger partial charge in [-0.05, 0) is 42.7 Å². The highest BCUT2D eigenvalue weighted by molar-refractivity contribution is 5.45. The smallest absolute Gasteiger partial charge is 0.128 e. The molecule has 106 valence electrons. The number of nitrogens with two attached hydrogens (primary N) is 1. The number of methoxy groups -OCH3 is 1. The fraction of sp³-hybridized carbons (Fsp3) is 0.250. The fourth-order valence-electron chi connectivity index (χ4n) is 2.40. The molecule has 0 fully saturated rings. The molecule has 0 bridgehead atoms. The molecule has 20 heavy (non-hydrogen) atoms. The molecule has 0 aliphatic heterocycles. The molecule has 2 rings (SSSR count). The number of ether oxygens (including phenoxy) is 1. The lowest BCUT2D eigenvalue weighted by molar-refractivity contribution is 0.411. The van der Waals surface area contributed by atoms with Gasteiger partial charge in [-0.25, -0.2) is 9.82 Å². The first-order chi connectivity index (χ1) is 9.58. The van der Waals surface area contributed by atoms with Gasteiger partial charge in [0.15, 0.2) is 0 Å². The predicted molar refractivity (Wildman–Crippen MR) is 78.0 cm³/mol. The highest BCUT2D eigenvalue weighted by atomic mass is 19.1. The van der Waals surface area contributed by atoms with Gasteiger partial charge in [0.2, 0.25) is 0 Å². The summed E-state index contributed by atoms with van der Waals surface area (Å²) in [6.07, 6.45) is 0. The number of aryl methyl sites for hydroxylation is 2. The van der Waals surface area contributed by atoms with Gasteiger partial charge in [0.05, 0.1) is 13.2 Å². The van der Waals surface area contributed by atoms with Crippen molar-refractivity contribution in [2.24, 2.45) is 5.84 Å². The van der Waals surface area contributed by atoms with Crippen molar-refractivity contribution in [1.82, 2.24) is 5.43 Å². The molecule has 2 aromatic rings. The lowest BCUT2D eigenvalue weighted by atomic mass is 9.93. The van der Waals surface area contributed by atoms with E-state index >= 15 is 0 Å². The molecule has 0 amide bonds. The molecule has 0 radical (unpaired) electrons. The number of benzene rings is 2. The van der Waals surface area contributed by atoms with Crippen molar-refractivity contribution in [2.75, 3.05) is 7.11 Å². The normalized spacial score (nSPS) is 12.2. The number of hydrogen-bond donors (Lipinski definition) is 2. The van der Waals surface area contributed by atoms with Crippen LogP contribution in [0.25, 0.3) is 0 Å². The van der Waals surface area contributed by atoms with Crippen molar-refractivity contribution in [2.45, 2.75) is 19.9 Å². The Hall–Kier alpha value is -1.91. The number of hydrazine groups is 1. The van der Waals surface area contributed by atoms with Crippen molar-refractivity contribution in [3.8, 4) is 5.75 Å². The minimum atomic E-state index is -0.388. The van der Waals surface area contributed by atoms with E-state index in [2.05, 4.69) is 5.43 Å². The van der Waals surface area contributed by atoms with Crippen LogP contribution in [0, 0.1) is 19.7 Å². The Kier molecular flexibility index (Phi) is 4.37. The summed E-state index contributed by atoms with van der Waals surface area (Å²) in [6, 6.07) is 10.2. The van der Waals surface area contributed by atoms with E-state index in [1.807, 2.05) is 26.0 Å². The van der Waals surface area contributed by atoms with E-state index in [0.29, 0.717) is 5.56 Å². The molecule has 4 heteroatoms. The monoisotopic (exact) mass is 274 g/mol. The summed E-state index contributed by atoms with van der Waals surface area (Å²) in [5, 5.41) is 0. The lowest BCUT2D eigenvalue weighted by Gasteiger charge is -2.21. The van der Waals surface area contributed by atoms with E-state index in [-0.39, 0.29) is 11.9 Å². The third-order valence-corrected chi connectivity index (χ3v) is 3.48. The SMILES string of the molecule is COc1cc(C)c(C(NN)c2ccccc2F)cc1C. The first kappa shape index (κ1) is 14.5. The third kappa shape index (κ3) is 2.66. The van der Waals surface area contributed by atoms with Crippen LogP contribution < -0.4 is 16.0 Å². The summed E-state index contributed by atoms with van der Waals surface area (Å²) in [6.45, 7) is 3.92. The van der Waals surface area contributed by atoms with Gasteiger partial charge in [0, 0.05) is 5.56 Å². The topological polar surface area (TPSA) is 47.3 Å². The molecule has 0 spiro atoms. The van der Waals surface area contributed by atoms with Crippen LogP contribution in [-0.2, 0) is 0 Å². The summed E-state index contributed by atoms with van der Waals surface area (Å²) in [4.78, 5) is 0. The molecule has 3 nitrogen and oxygen atoms in total. The molecule has 2 aromatic carbocycles. The van der Waals surface area contributed by atoms with Crippen LogP contribution >= 0.6 is 0 Å². The fourth-order valence-corrected chi connectivity index (χ4v) is 2.40. The van der Waals surface area contributed by atoms with Crippen molar-refractivity contribution in [3.05, 3.63) is 64.5 Å². The minimum absolute atomic E-state index is 0.275. The second-order valence-electron chi connectivity index (χ2n) is 4.80. The molecule has 0 heterocycles. The molecule has 3 N–H and O–H groups in total. The highest BCUT2D eigenvalue weighted by Crippen LogP contribution is 2.30. The van der Waals surface area contributed by atoms with Crippen LogP contribution in [0.2, 0.25) is 0 Å². The molecule has 1 unspecified atom stereocenters. The largest absolute Gasteiger partial charge is 0.496 e. The van der Waals surface area contributed by atoms with Crippen molar-refractivity contribution in [1.29, 1.82) is 0 Å². The predicted octanol–water partition coefficient (Wildman–Crippen LogP) is 3.00. The van der Waals surface area contributed by atoms with Gasteiger partial charge in [-0.15, -0.1) is 0 Å². The number of rotatable bonds is 4. The van der Waals surface area contributed by atoms with Crippen LogP contribution in [0.4, 0.5) is 4.39 Å². The summed E-state index contributed by atoms with van der Waals surface area (Å²) in [5.74, 6) is 6.19. The van der Waals surface area contributed by atoms with E-state index in [4.69, 9.17) is 10.6 Å². The maximum Gasteiger partial charge on any atom is 0.128 e. The Morgan fingerprint density at radius 1 is 1.10 bits per heavy atom. The Labute approximate surface area is 118 Å². The summed E-state index contributed by atoms with van der Waals surface area (Å²) in [7, 11) is 1.64. The molecule has 0 aliphatic carbocycles. The number of halogens is 1. The quantitative estimate of drug-likeness (QED) is 0.665. The molecule has 0 saturated carbocycles. The number of hydrogen-bond acceptors (Lipinski definition) is 3. The van der Waals surface area contributed by atoms with Crippen molar-refractivity contribution in [3.63, 3.8) is 0 Å². The van der Waals surface area contributed by atoms with Gasteiger partial charge in [-0.2, -0.15) is 0 Å². The Morgan fingerprint density at radius 3 is 2.40 bits per heavy atom. The van der Waals surface area contributed by atoms with Crippen molar-refractivity contribution >= 4 is 0 Å². The van der Waals surface area contributed by atoms with Crippen LogP contribution in [0.5, 0.6) is 5.75 Å². The average Bonchev–Trinajstić information content (AvgIpc) is 2.45. The molecule has 0 aliphatic rings. The molecular formula is C16H19FN2O. The first-order valence-electron chi connectivity index (χ1n) is 6.44. The molecule has 0 aromatic heterocycles. The third-order valence-electron chi connectivity index (χ3n) is 3.48. The van der Waals surface area contributed by atoms with Gasteiger partial charge in [-0.1, -0.05) is 24.3 Å². The van der Waals surface area contributed by atoms with E-state index < -0.39 is 0 Å². The zero-order valence-corrected chi connectivity index (χ0v) is 11.9. The minimum Gasteiger partial charge on any atom is -0.496 e. The Bertz CT molecular complexity index is 613. The highest BCUT2D eigenvalue weighted by Gasteiger charge is 2.19. The van der Waals surface area contributed by atoms with Crippen LogP contribution in [0.3, 0.4) is 0 Å². The standard InChI is InChI=1S/C16H19FN2O/c1-10-9-15(20-3)11(2)8-13(10)16(19-18)12-6-4-5-7-14(12)17/h4-9,16,19H,18H2,1-3H3. The molecular weight excluding hydrogens is 255 g/mol. The molecule has 1 atom stereocenters. The number of nitrogens with one attached hydrogen (secondary N) is 1. The first-order valence-corrected chi connectivity index (χ1v) is 6.44.